The van der Waals surface area contributed by atoms with Gasteiger partial charge in [0.25, 0.3) is 0 Å². The molecule has 12 heterocycles. The summed E-state index contributed by atoms with van der Waals surface area (Å²) in [4.78, 5) is 0. The Morgan fingerprint density at radius 1 is 0.692 bits per heavy atom. The molecule has 0 aromatic carbocycles. The average Bonchev–Trinajstić information content (AvgIpc) is 3.99. The lowest BCUT2D eigenvalue weighted by atomic mass is 9.73. The summed E-state index contributed by atoms with van der Waals surface area (Å²) in [5, 5.41) is 24.0. The quantitative estimate of drug-likeness (QED) is 0.193. The third-order valence-corrected chi connectivity index (χ3v) is 20.7. The van der Waals surface area contributed by atoms with Crippen molar-refractivity contribution in [2.45, 2.75) is 275 Å². The van der Waals surface area contributed by atoms with Crippen LogP contribution < -0.4 is 0 Å². The number of fused-ring (bicyclic) bond motifs is 10. The number of aliphatic hydroxyl groups is 2. The van der Waals surface area contributed by atoms with E-state index in [1.807, 2.05) is 6.92 Å². The molecule has 78 heavy (non-hydrogen) atoms. The van der Waals surface area contributed by atoms with E-state index >= 15 is 0 Å². The van der Waals surface area contributed by atoms with Gasteiger partial charge in [0, 0.05) is 56.9 Å². The Morgan fingerprint density at radius 2 is 1.28 bits per heavy atom. The van der Waals surface area contributed by atoms with E-state index in [2.05, 4.69) is 31.5 Å². The van der Waals surface area contributed by atoms with Gasteiger partial charge in [-0.1, -0.05) is 19.6 Å². The van der Waals surface area contributed by atoms with E-state index in [1.54, 1.807) is 37.7 Å². The van der Waals surface area contributed by atoms with Gasteiger partial charge in [-0.05, 0) is 90.4 Å². The molecule has 11 aliphatic heterocycles. The van der Waals surface area contributed by atoms with Gasteiger partial charge >= 0.3 is 20.8 Å². The first kappa shape index (κ1) is 56.5. The third-order valence-electron chi connectivity index (χ3n) is 19.7. The monoisotopic (exact) mass is 1140 g/mol. The summed E-state index contributed by atoms with van der Waals surface area (Å²) in [7, 11) is -9.74. The maximum absolute atomic E-state index is 12.3. The molecule has 4 N–H and O–H groups in total. The van der Waals surface area contributed by atoms with Crippen LogP contribution in [0.3, 0.4) is 0 Å². The molecule has 0 saturated carbocycles. The van der Waals surface area contributed by atoms with E-state index in [9.17, 15) is 31.6 Å². The van der Waals surface area contributed by atoms with E-state index in [4.69, 9.17) is 65.3 Å². The first-order valence-electron chi connectivity index (χ1n) is 28.0. The molecule has 0 amide bonds. The van der Waals surface area contributed by atoms with Gasteiger partial charge in [-0.15, -0.1) is 0 Å². The molecule has 12 rings (SSSR count). The lowest BCUT2D eigenvalue weighted by Crippen LogP contribution is -2.74. The normalized spacial score (nSPS) is 51.1. The number of furan rings is 1. The van der Waals surface area contributed by atoms with Gasteiger partial charge < -0.3 is 66.7 Å². The van der Waals surface area contributed by atoms with Crippen LogP contribution in [0.5, 0.6) is 0 Å². The number of hydrogen-bond donors (Lipinski definition) is 4. The minimum atomic E-state index is -4.95. The van der Waals surface area contributed by atoms with Crippen LogP contribution in [0.2, 0.25) is 0 Å². The average molecular weight is 1140 g/mol. The highest BCUT2D eigenvalue weighted by Gasteiger charge is 2.65. The van der Waals surface area contributed by atoms with Crippen molar-refractivity contribution >= 4 is 26.9 Å². The molecule has 22 nitrogen and oxygen atoms in total. The number of aliphatic hydroxyl groups excluding tert-OH is 1. The van der Waals surface area contributed by atoms with Gasteiger partial charge in [-0.3, -0.25) is 9.11 Å². The SMILES string of the molecule is C=C1CC2OC3(C)C(CC2OC1C(C)(O)C=Cc1ccoc1)OC1CC2OC4CC5OC6CC7OC8CC9OC(C)(CCOS(=O)(=O)O)C(OS(=O)(=O)O)CC9OC8CC7OC6CCC5(C)OC4(C)CCC(C)C2OC1C3O. The molecule has 24 heteroatoms. The van der Waals surface area contributed by atoms with E-state index < -0.39 is 129 Å². The maximum atomic E-state index is 12.3. The molecule has 0 radical (unpaired) electrons. The van der Waals surface area contributed by atoms with Gasteiger partial charge in [0.05, 0.1) is 134 Å². The van der Waals surface area contributed by atoms with E-state index in [0.717, 1.165) is 18.4 Å². The minimum absolute atomic E-state index is 0.00233. The first-order valence-corrected chi connectivity index (χ1v) is 30.8. The second-order valence-electron chi connectivity index (χ2n) is 25.4. The Kier molecular flexibility index (Phi) is 14.7. The van der Waals surface area contributed by atoms with Crippen molar-refractivity contribution in [1.82, 2.24) is 0 Å². The fraction of sp³-hybridized carbons (Fsp3) is 0.852. The van der Waals surface area contributed by atoms with Gasteiger partial charge in [0.2, 0.25) is 0 Å². The zero-order chi connectivity index (χ0) is 55.1. The van der Waals surface area contributed by atoms with Gasteiger partial charge in [0.1, 0.15) is 35.6 Å². The molecule has 11 fully saturated rings. The molecule has 26 unspecified atom stereocenters. The Morgan fingerprint density at radius 3 is 1.95 bits per heavy atom. The zero-order valence-corrected chi connectivity index (χ0v) is 46.7. The summed E-state index contributed by atoms with van der Waals surface area (Å²) in [6, 6.07) is 1.81. The Balaban J connectivity index is 0.707. The lowest BCUT2D eigenvalue weighted by Gasteiger charge is -2.61. The molecule has 1 aromatic rings. The van der Waals surface area contributed by atoms with Crippen LogP contribution in [0.15, 0.2) is 41.2 Å². The van der Waals surface area contributed by atoms with Crippen LogP contribution in [0.4, 0.5) is 0 Å². The second kappa shape index (κ2) is 20.4. The number of ether oxygens (including phenoxy) is 11. The van der Waals surface area contributed by atoms with Crippen molar-refractivity contribution < 1.29 is 101 Å². The molecule has 0 spiro atoms. The van der Waals surface area contributed by atoms with Crippen LogP contribution in [0.1, 0.15) is 131 Å². The highest BCUT2D eigenvalue weighted by Crippen LogP contribution is 2.54. The largest absolute Gasteiger partial charge is 0.472 e. The number of rotatable bonds is 9. The first-order chi connectivity index (χ1) is 36.7. The van der Waals surface area contributed by atoms with Crippen LogP contribution in [-0.2, 0) is 81.3 Å². The predicted molar refractivity (Wildman–Crippen MR) is 270 cm³/mol. The molecular formula is C54H78O22S2. The van der Waals surface area contributed by atoms with Crippen molar-refractivity contribution in [2.24, 2.45) is 5.92 Å². The molecule has 11 aliphatic rings. The van der Waals surface area contributed by atoms with E-state index in [0.29, 0.717) is 63.4 Å². The van der Waals surface area contributed by atoms with Crippen LogP contribution in [0.25, 0.3) is 6.08 Å². The standard InChI is InChI=1S/C54H78O22S2/c1-27-8-13-52(5)43(69-40-22-41-47(72-46(27)40)48(55)54(7)45(70-41)24-37-38(74-54)18-28(2)49(71-37)50(3,56)12-9-29-11-16-63-26-29)25-42-53(6,76-52)14-10-30-31(68-42)19-33-32(65-30)20-34-35(66-33)21-39-36(67-34)23-44(75-78(60,61)62)51(4,73-39)15-17-64-77(57,58)59/h9,11-12,16,26-27,30-49,55-56H,2,8,10,13-15,17-25H2,1,3-7H3,(H,57,58,59)(H,60,61,62). The Bertz CT molecular complexity index is 2640. The van der Waals surface area contributed by atoms with E-state index in [1.165, 1.54) is 6.92 Å². The lowest BCUT2D eigenvalue weighted by molar-refractivity contribution is -0.369. The van der Waals surface area contributed by atoms with Crippen LogP contribution in [-0.4, -0.2) is 193 Å². The molecule has 1 aromatic heterocycles. The van der Waals surface area contributed by atoms with Gasteiger partial charge in [-0.25, -0.2) is 8.37 Å². The minimum Gasteiger partial charge on any atom is -0.472 e. The van der Waals surface area contributed by atoms with Crippen molar-refractivity contribution in [3.63, 3.8) is 0 Å². The number of hydrogen-bond acceptors (Lipinski definition) is 20. The van der Waals surface area contributed by atoms with Crippen LogP contribution >= 0.6 is 0 Å². The molecular weight excluding hydrogens is 1060 g/mol. The van der Waals surface area contributed by atoms with Gasteiger partial charge in [-0.2, -0.15) is 16.8 Å². The van der Waals surface area contributed by atoms with Crippen molar-refractivity contribution in [2.75, 3.05) is 6.61 Å². The summed E-state index contributed by atoms with van der Waals surface area (Å²) in [6.07, 6.45) is 2.55. The Labute approximate surface area is 456 Å². The molecule has 11 saturated heterocycles. The van der Waals surface area contributed by atoms with Crippen molar-refractivity contribution in [3.8, 4) is 0 Å². The smallest absolute Gasteiger partial charge is 0.397 e. The summed E-state index contributed by atoms with van der Waals surface area (Å²) in [5.41, 5.74) is -3.71. The van der Waals surface area contributed by atoms with E-state index in [-0.39, 0.29) is 67.6 Å². The van der Waals surface area contributed by atoms with Gasteiger partial charge in [0.15, 0.2) is 0 Å². The van der Waals surface area contributed by atoms with Crippen LogP contribution in [0, 0.1) is 5.92 Å². The van der Waals surface area contributed by atoms with Crippen molar-refractivity contribution in [3.05, 3.63) is 42.4 Å². The molecule has 0 aliphatic carbocycles. The summed E-state index contributed by atoms with van der Waals surface area (Å²) >= 11 is 0. The Hall–Kier alpha value is -2.02. The summed E-state index contributed by atoms with van der Waals surface area (Å²) < 4.78 is 156. The maximum Gasteiger partial charge on any atom is 0.397 e. The highest BCUT2D eigenvalue weighted by atomic mass is 32.3. The molecule has 438 valence electrons. The highest BCUT2D eigenvalue weighted by molar-refractivity contribution is 7.81. The zero-order valence-electron chi connectivity index (χ0n) is 45.1. The second-order valence-corrected chi connectivity index (χ2v) is 27.6. The third kappa shape index (κ3) is 10.7. The topological polar surface area (TPSA) is 282 Å². The summed E-state index contributed by atoms with van der Waals surface area (Å²) in [5.74, 6) is 0.0661. The fourth-order valence-corrected chi connectivity index (χ4v) is 16.3. The van der Waals surface area contributed by atoms with Crippen molar-refractivity contribution in [1.29, 1.82) is 0 Å². The predicted octanol–water partition coefficient (Wildman–Crippen LogP) is 4.68. The molecule has 0 bridgehead atoms. The fourth-order valence-electron chi connectivity index (χ4n) is 15.4. The molecule has 26 atom stereocenters. The summed E-state index contributed by atoms with van der Waals surface area (Å²) in [6.45, 7) is 15.4.